The number of benzene rings is 4. The van der Waals surface area contributed by atoms with Crippen molar-refractivity contribution in [2.24, 2.45) is 23.7 Å². The van der Waals surface area contributed by atoms with Crippen molar-refractivity contribution in [1.29, 1.82) is 0 Å². The lowest BCUT2D eigenvalue weighted by Crippen LogP contribution is -2.30. The molecule has 4 aromatic carbocycles. The normalized spacial score (nSPS) is 17.6. The summed E-state index contributed by atoms with van der Waals surface area (Å²) in [6.45, 7) is 6.01. The number of nitro benzene ring substituents is 1. The van der Waals surface area contributed by atoms with Gasteiger partial charge in [0.25, 0.3) is 5.69 Å². The Balaban J connectivity index is 0.952. The molecule has 0 atom stereocenters. The van der Waals surface area contributed by atoms with Crippen LogP contribution in [-0.4, -0.2) is 59.3 Å². The summed E-state index contributed by atoms with van der Waals surface area (Å²) < 4.78 is 43.7. The Morgan fingerprint density at radius 2 is 0.941 bits per heavy atom. The standard InChI is InChI=1S/C49H44N2O16S/c1-3-41(52)62-27-60-35-17-21-37(22-18-35)64-46(54)30-5-9-32(10-6-30)48(56)66-39-25-26-40(44-43(39)50-45(68-44)29-13-15-34(16-14-29)51(58)59)67-49(57)33-11-7-31(8-12-33)47(55)65-38-23-19-36(20-24-38)61-28-63-42(53)4-2/h3-4,13-26,30-33H,1-2,5-12,27-28H2/t30-,31-,32-,33-. The van der Waals surface area contributed by atoms with Gasteiger partial charge < -0.3 is 37.9 Å². The van der Waals surface area contributed by atoms with Crippen molar-refractivity contribution < 1.29 is 71.6 Å². The lowest BCUT2D eigenvalue weighted by molar-refractivity contribution is -0.384. The molecule has 0 N–H and O–H groups in total. The van der Waals surface area contributed by atoms with E-state index in [1.54, 1.807) is 60.7 Å². The van der Waals surface area contributed by atoms with Crippen LogP contribution in [0.5, 0.6) is 34.5 Å². The summed E-state index contributed by atoms with van der Waals surface area (Å²) in [4.78, 5) is 91.3. The number of non-ortho nitro benzene ring substituents is 1. The Morgan fingerprint density at radius 3 is 1.35 bits per heavy atom. The van der Waals surface area contributed by atoms with Crippen molar-refractivity contribution in [3.63, 3.8) is 0 Å². The molecule has 2 fully saturated rings. The first-order chi connectivity index (χ1) is 32.9. The second-order valence-electron chi connectivity index (χ2n) is 15.6. The third-order valence-electron chi connectivity index (χ3n) is 11.3. The molecule has 0 radical (unpaired) electrons. The molecule has 1 heterocycles. The van der Waals surface area contributed by atoms with Crippen molar-refractivity contribution in [3.8, 4) is 45.1 Å². The van der Waals surface area contributed by atoms with Crippen LogP contribution in [0.2, 0.25) is 0 Å². The van der Waals surface area contributed by atoms with Crippen LogP contribution in [0.4, 0.5) is 5.69 Å². The molecule has 0 aliphatic heterocycles. The molecule has 0 amide bonds. The van der Waals surface area contributed by atoms with Crippen LogP contribution in [-0.2, 0) is 38.2 Å². The van der Waals surface area contributed by atoms with Crippen LogP contribution in [0.1, 0.15) is 51.4 Å². The number of fused-ring (bicyclic) bond motifs is 1. The van der Waals surface area contributed by atoms with Crippen molar-refractivity contribution in [2.75, 3.05) is 13.6 Å². The van der Waals surface area contributed by atoms with Crippen molar-refractivity contribution >= 4 is 63.1 Å². The summed E-state index contributed by atoms with van der Waals surface area (Å²) in [5, 5.41) is 11.8. The monoisotopic (exact) mass is 948 g/mol. The molecule has 18 nitrogen and oxygen atoms in total. The summed E-state index contributed by atoms with van der Waals surface area (Å²) >= 11 is 1.16. The van der Waals surface area contributed by atoms with Gasteiger partial charge in [-0.2, -0.15) is 0 Å². The predicted molar refractivity (Wildman–Crippen MR) is 242 cm³/mol. The Kier molecular flexibility index (Phi) is 15.9. The van der Waals surface area contributed by atoms with Crippen LogP contribution >= 0.6 is 11.3 Å². The number of ether oxygens (including phenoxy) is 8. The van der Waals surface area contributed by atoms with Gasteiger partial charge in [-0.3, -0.25) is 29.3 Å². The maximum absolute atomic E-state index is 13.6. The van der Waals surface area contributed by atoms with E-state index in [1.165, 1.54) is 24.3 Å². The average molecular weight is 949 g/mol. The third kappa shape index (κ3) is 12.5. The second-order valence-corrected chi connectivity index (χ2v) is 16.6. The minimum Gasteiger partial charge on any atom is -0.457 e. The van der Waals surface area contributed by atoms with Gasteiger partial charge in [-0.05, 0) is 124 Å². The van der Waals surface area contributed by atoms with E-state index in [2.05, 4.69) is 13.2 Å². The molecule has 352 valence electrons. The molecule has 0 spiro atoms. The lowest BCUT2D eigenvalue weighted by atomic mass is 9.82. The number of esters is 6. The number of thiazole rings is 1. The molecule has 2 aliphatic rings. The lowest BCUT2D eigenvalue weighted by Gasteiger charge is -2.26. The summed E-state index contributed by atoms with van der Waals surface area (Å²) in [6, 6.07) is 21.3. The number of aromatic nitrogens is 1. The van der Waals surface area contributed by atoms with E-state index in [1.807, 2.05) is 0 Å². The number of hydrogen-bond donors (Lipinski definition) is 0. The van der Waals surface area contributed by atoms with Crippen LogP contribution in [0.15, 0.2) is 110 Å². The van der Waals surface area contributed by atoms with Gasteiger partial charge in [0.15, 0.2) is 11.5 Å². The molecule has 0 bridgehead atoms. The minimum absolute atomic E-state index is 0.109. The number of rotatable bonds is 18. The van der Waals surface area contributed by atoms with Crippen LogP contribution in [0.3, 0.4) is 0 Å². The van der Waals surface area contributed by atoms with E-state index in [-0.39, 0.29) is 36.3 Å². The van der Waals surface area contributed by atoms with Crippen molar-refractivity contribution in [3.05, 3.63) is 120 Å². The fourth-order valence-corrected chi connectivity index (χ4v) is 8.56. The minimum atomic E-state index is -0.626. The van der Waals surface area contributed by atoms with E-state index >= 15 is 0 Å². The van der Waals surface area contributed by atoms with Gasteiger partial charge in [-0.15, -0.1) is 11.3 Å². The van der Waals surface area contributed by atoms with E-state index in [0.29, 0.717) is 89.6 Å². The highest BCUT2D eigenvalue weighted by atomic mass is 32.1. The first-order valence-electron chi connectivity index (χ1n) is 21.5. The van der Waals surface area contributed by atoms with E-state index in [4.69, 9.17) is 42.9 Å². The first kappa shape index (κ1) is 48.0. The number of hydrogen-bond acceptors (Lipinski definition) is 18. The summed E-state index contributed by atoms with van der Waals surface area (Å²) in [6.07, 6.45) is 5.02. The second kappa shape index (κ2) is 22.5. The number of carbonyl (C=O) groups excluding carboxylic acids is 6. The fourth-order valence-electron chi connectivity index (χ4n) is 7.52. The molecule has 7 rings (SSSR count). The van der Waals surface area contributed by atoms with Crippen LogP contribution in [0.25, 0.3) is 20.8 Å². The van der Waals surface area contributed by atoms with Gasteiger partial charge in [0.2, 0.25) is 13.6 Å². The summed E-state index contributed by atoms with van der Waals surface area (Å²) in [5.74, 6) is -3.40. The van der Waals surface area contributed by atoms with Crippen LogP contribution in [0, 0.1) is 33.8 Å². The molecule has 1 aromatic heterocycles. The average Bonchev–Trinajstić information content (AvgIpc) is 3.82. The Bertz CT molecular complexity index is 2530. The van der Waals surface area contributed by atoms with Gasteiger partial charge >= 0.3 is 35.8 Å². The molecule has 68 heavy (non-hydrogen) atoms. The van der Waals surface area contributed by atoms with E-state index in [9.17, 15) is 38.9 Å². The highest BCUT2D eigenvalue weighted by molar-refractivity contribution is 7.22. The van der Waals surface area contributed by atoms with Crippen LogP contribution < -0.4 is 28.4 Å². The first-order valence-corrected chi connectivity index (χ1v) is 22.3. The molecule has 0 saturated heterocycles. The van der Waals surface area contributed by atoms with E-state index in [0.717, 1.165) is 23.5 Å². The molecule has 2 aliphatic carbocycles. The summed E-state index contributed by atoms with van der Waals surface area (Å²) in [5.41, 5.74) is 0.687. The van der Waals surface area contributed by atoms with Crippen molar-refractivity contribution in [2.45, 2.75) is 51.4 Å². The quantitative estimate of drug-likeness (QED) is 0.0200. The molecular weight excluding hydrogens is 905 g/mol. The highest BCUT2D eigenvalue weighted by Crippen LogP contribution is 2.43. The maximum atomic E-state index is 13.6. The van der Waals surface area contributed by atoms with Gasteiger partial charge in [0.05, 0.1) is 28.6 Å². The Hall–Kier alpha value is -7.93. The number of nitro groups is 1. The Morgan fingerprint density at radius 1 is 0.559 bits per heavy atom. The van der Waals surface area contributed by atoms with E-state index < -0.39 is 64.4 Å². The maximum Gasteiger partial charge on any atom is 0.333 e. The zero-order chi connectivity index (χ0) is 48.2. The molecule has 5 aromatic rings. The van der Waals surface area contributed by atoms with Gasteiger partial charge in [0.1, 0.15) is 38.2 Å². The highest BCUT2D eigenvalue weighted by Gasteiger charge is 2.35. The van der Waals surface area contributed by atoms with Crippen molar-refractivity contribution in [1.82, 2.24) is 4.98 Å². The zero-order valence-corrected chi connectivity index (χ0v) is 37.2. The fraction of sp³-hybridized carbons (Fsp3) is 0.286. The predicted octanol–water partition coefficient (Wildman–Crippen LogP) is 8.64. The largest absolute Gasteiger partial charge is 0.457 e. The molecule has 2 saturated carbocycles. The molecule has 19 heteroatoms. The third-order valence-corrected chi connectivity index (χ3v) is 12.4. The van der Waals surface area contributed by atoms with Gasteiger partial charge in [-0.25, -0.2) is 14.6 Å². The zero-order valence-electron chi connectivity index (χ0n) is 36.4. The number of carbonyl (C=O) groups is 6. The molecule has 0 unspecified atom stereocenters. The van der Waals surface area contributed by atoms with Gasteiger partial charge in [-0.1, -0.05) is 13.2 Å². The smallest absolute Gasteiger partial charge is 0.333 e. The topological polar surface area (TPSA) is 232 Å². The number of nitrogens with zero attached hydrogens (tertiary/aromatic N) is 2. The molecular formula is C49H44N2O16S. The van der Waals surface area contributed by atoms with Gasteiger partial charge in [0, 0.05) is 29.8 Å². The SMILES string of the molecule is C=CC(=O)OCOc1ccc(OC(=O)[C@H]2CC[C@H](C(=O)Oc3ccc(OC(=O)[C@H]4CC[C@H](C(=O)Oc5ccc(OCOC(=O)C=C)cc5)CC4)c4sc(-c5ccc([N+](=O)[O-])cc5)nc34)CC2)cc1. The summed E-state index contributed by atoms with van der Waals surface area (Å²) in [7, 11) is 0. The Labute approximate surface area is 392 Å².